The van der Waals surface area contributed by atoms with E-state index in [0.29, 0.717) is 4.90 Å². The van der Waals surface area contributed by atoms with Crippen molar-refractivity contribution >= 4 is 29.6 Å². The second-order valence-electron chi connectivity index (χ2n) is 5.11. The van der Waals surface area contributed by atoms with Crippen LogP contribution in [0.4, 0.5) is 0 Å². The molecule has 0 saturated carbocycles. The third kappa shape index (κ3) is 6.30. The Morgan fingerprint density at radius 1 is 1.17 bits per heavy atom. The Kier molecular flexibility index (Phi) is 8.56. The van der Waals surface area contributed by atoms with Gasteiger partial charge in [0, 0.05) is 13.3 Å². The number of nitrogens with one attached hydrogen (secondary N) is 1. The molecular weight excluding hydrogens is 324 g/mol. The van der Waals surface area contributed by atoms with E-state index in [-0.39, 0.29) is 0 Å². The maximum absolute atomic E-state index is 12.4. The Labute approximate surface area is 138 Å². The predicted octanol–water partition coefficient (Wildman–Crippen LogP) is -3.10. The SMILES string of the molecule is CC(=O)N[C@@H](C)C(=O)N(C(=O)[C@@H](N)CO)[C@H](CCC(=O)O)C(N)=O. The first-order valence-corrected chi connectivity index (χ1v) is 7.04. The van der Waals surface area contributed by atoms with E-state index in [1.807, 2.05) is 0 Å². The Bertz CT molecular complexity index is 522. The number of aliphatic hydroxyl groups is 1. The summed E-state index contributed by atoms with van der Waals surface area (Å²) >= 11 is 0. The van der Waals surface area contributed by atoms with Gasteiger partial charge in [-0.25, -0.2) is 0 Å². The molecule has 11 heteroatoms. The Hall–Kier alpha value is -2.53. The van der Waals surface area contributed by atoms with Gasteiger partial charge in [-0.2, -0.15) is 0 Å². The number of imide groups is 1. The average molecular weight is 346 g/mol. The lowest BCUT2D eigenvalue weighted by Crippen LogP contribution is -2.60. The van der Waals surface area contributed by atoms with E-state index in [1.54, 1.807) is 0 Å². The van der Waals surface area contributed by atoms with Crippen molar-refractivity contribution in [3.05, 3.63) is 0 Å². The number of hydrogen-bond donors (Lipinski definition) is 5. The minimum Gasteiger partial charge on any atom is -0.481 e. The van der Waals surface area contributed by atoms with E-state index in [4.69, 9.17) is 21.7 Å². The van der Waals surface area contributed by atoms with Gasteiger partial charge in [-0.05, 0) is 13.3 Å². The fraction of sp³-hybridized carbons (Fsp3) is 0.615. The van der Waals surface area contributed by atoms with Gasteiger partial charge in [-0.3, -0.25) is 28.9 Å². The summed E-state index contributed by atoms with van der Waals surface area (Å²) in [6, 6.07) is -4.27. The highest BCUT2D eigenvalue weighted by atomic mass is 16.4. The van der Waals surface area contributed by atoms with Crippen molar-refractivity contribution in [2.45, 2.75) is 44.8 Å². The monoisotopic (exact) mass is 346 g/mol. The number of carbonyl (C=O) groups is 5. The van der Waals surface area contributed by atoms with Gasteiger partial charge in [-0.15, -0.1) is 0 Å². The molecule has 0 aliphatic rings. The van der Waals surface area contributed by atoms with Crippen LogP contribution in [0.2, 0.25) is 0 Å². The normalized spacial score (nSPS) is 14.2. The van der Waals surface area contributed by atoms with Crippen LogP contribution < -0.4 is 16.8 Å². The van der Waals surface area contributed by atoms with Gasteiger partial charge < -0.3 is 27.0 Å². The van der Waals surface area contributed by atoms with Crippen LogP contribution in [0.15, 0.2) is 0 Å². The molecule has 24 heavy (non-hydrogen) atoms. The molecule has 0 aromatic heterocycles. The number of rotatable bonds is 9. The fourth-order valence-corrected chi connectivity index (χ4v) is 1.91. The highest BCUT2D eigenvalue weighted by Crippen LogP contribution is 2.12. The van der Waals surface area contributed by atoms with E-state index >= 15 is 0 Å². The summed E-state index contributed by atoms with van der Waals surface area (Å²) in [6.45, 7) is 1.61. The molecule has 3 atom stereocenters. The lowest BCUT2D eigenvalue weighted by molar-refractivity contribution is -0.155. The van der Waals surface area contributed by atoms with Gasteiger partial charge in [0.05, 0.1) is 6.61 Å². The number of carboxylic acid groups (broad SMARTS) is 1. The molecule has 11 nitrogen and oxygen atoms in total. The molecule has 7 N–H and O–H groups in total. The van der Waals surface area contributed by atoms with Gasteiger partial charge in [0.25, 0.3) is 5.91 Å². The predicted molar refractivity (Wildman–Crippen MR) is 80.0 cm³/mol. The van der Waals surface area contributed by atoms with Gasteiger partial charge in [0.2, 0.25) is 17.7 Å². The summed E-state index contributed by atoms with van der Waals surface area (Å²) in [6.07, 6.45) is -0.958. The number of aliphatic hydroxyl groups excluding tert-OH is 1. The van der Waals surface area contributed by atoms with Gasteiger partial charge in [0.1, 0.15) is 18.1 Å². The van der Waals surface area contributed by atoms with E-state index in [2.05, 4.69) is 5.32 Å². The molecule has 0 heterocycles. The van der Waals surface area contributed by atoms with E-state index < -0.39 is 67.2 Å². The van der Waals surface area contributed by atoms with Gasteiger partial charge >= 0.3 is 5.97 Å². The summed E-state index contributed by atoms with van der Waals surface area (Å²) in [5.74, 6) is -5.03. The minimum atomic E-state index is -1.57. The first kappa shape index (κ1) is 21.5. The van der Waals surface area contributed by atoms with E-state index in [1.165, 1.54) is 6.92 Å². The molecule has 0 fully saturated rings. The van der Waals surface area contributed by atoms with Crippen molar-refractivity contribution in [2.24, 2.45) is 11.5 Å². The molecule has 0 aliphatic carbocycles. The lowest BCUT2D eigenvalue weighted by Gasteiger charge is -2.31. The largest absolute Gasteiger partial charge is 0.481 e. The molecule has 0 aromatic rings. The molecule has 0 rings (SSSR count). The Morgan fingerprint density at radius 3 is 2.08 bits per heavy atom. The molecule has 0 saturated heterocycles. The molecule has 0 aliphatic heterocycles. The van der Waals surface area contributed by atoms with Gasteiger partial charge in [-0.1, -0.05) is 0 Å². The number of amides is 4. The second kappa shape index (κ2) is 9.57. The maximum Gasteiger partial charge on any atom is 0.303 e. The van der Waals surface area contributed by atoms with Gasteiger partial charge in [0.15, 0.2) is 0 Å². The Morgan fingerprint density at radius 2 is 1.71 bits per heavy atom. The van der Waals surface area contributed by atoms with Crippen LogP contribution in [0.1, 0.15) is 26.7 Å². The number of nitrogens with two attached hydrogens (primary N) is 2. The molecule has 136 valence electrons. The van der Waals surface area contributed by atoms with Crippen LogP contribution in [0.3, 0.4) is 0 Å². The van der Waals surface area contributed by atoms with Crippen LogP contribution in [-0.2, 0) is 24.0 Å². The summed E-state index contributed by atoms with van der Waals surface area (Å²) in [7, 11) is 0. The highest BCUT2D eigenvalue weighted by molar-refractivity contribution is 6.04. The third-order valence-electron chi connectivity index (χ3n) is 3.05. The zero-order chi connectivity index (χ0) is 19.0. The number of carbonyl (C=O) groups excluding carboxylic acids is 4. The summed E-state index contributed by atoms with van der Waals surface area (Å²) in [5.41, 5.74) is 10.6. The topological polar surface area (TPSA) is 193 Å². The molecule has 0 radical (unpaired) electrons. The maximum atomic E-state index is 12.4. The second-order valence-corrected chi connectivity index (χ2v) is 5.11. The van der Waals surface area contributed by atoms with Crippen LogP contribution >= 0.6 is 0 Å². The molecular formula is C13H22N4O7. The van der Waals surface area contributed by atoms with Crippen LogP contribution in [-0.4, -0.2) is 69.4 Å². The number of hydrogen-bond acceptors (Lipinski definition) is 7. The molecule has 4 amide bonds. The van der Waals surface area contributed by atoms with Crippen molar-refractivity contribution < 1.29 is 34.2 Å². The molecule has 0 spiro atoms. The quantitative estimate of drug-likeness (QED) is 0.289. The number of aliphatic carboxylic acids is 1. The first-order valence-electron chi connectivity index (χ1n) is 7.04. The fourth-order valence-electron chi connectivity index (χ4n) is 1.91. The molecule has 0 aromatic carbocycles. The zero-order valence-electron chi connectivity index (χ0n) is 13.4. The van der Waals surface area contributed by atoms with Crippen LogP contribution in [0.25, 0.3) is 0 Å². The van der Waals surface area contributed by atoms with Crippen molar-refractivity contribution in [1.82, 2.24) is 10.2 Å². The minimum absolute atomic E-state index is 0.409. The molecule has 0 bridgehead atoms. The Balaban J connectivity index is 5.68. The molecule has 0 unspecified atom stereocenters. The van der Waals surface area contributed by atoms with Crippen molar-refractivity contribution in [2.75, 3.05) is 6.61 Å². The van der Waals surface area contributed by atoms with E-state index in [0.717, 1.165) is 6.92 Å². The number of primary amides is 1. The van der Waals surface area contributed by atoms with Crippen molar-refractivity contribution in [3.8, 4) is 0 Å². The highest BCUT2D eigenvalue weighted by Gasteiger charge is 2.38. The third-order valence-corrected chi connectivity index (χ3v) is 3.05. The van der Waals surface area contributed by atoms with Crippen LogP contribution in [0, 0.1) is 0 Å². The zero-order valence-corrected chi connectivity index (χ0v) is 13.4. The number of nitrogens with zero attached hydrogens (tertiary/aromatic N) is 1. The lowest BCUT2D eigenvalue weighted by atomic mass is 10.1. The summed E-state index contributed by atoms with van der Waals surface area (Å²) < 4.78 is 0. The van der Waals surface area contributed by atoms with Crippen molar-refractivity contribution in [3.63, 3.8) is 0 Å². The first-order chi connectivity index (χ1) is 11.0. The van der Waals surface area contributed by atoms with Crippen LogP contribution in [0.5, 0.6) is 0 Å². The van der Waals surface area contributed by atoms with E-state index in [9.17, 15) is 24.0 Å². The summed E-state index contributed by atoms with van der Waals surface area (Å²) in [4.78, 5) is 58.5. The average Bonchev–Trinajstić information content (AvgIpc) is 2.47. The standard InChI is InChI=1S/C13H22N4O7/c1-6(16-7(2)19)12(23)17(13(24)8(14)5-18)9(11(15)22)3-4-10(20)21/h6,8-9,18H,3-5,14H2,1-2H3,(H2,15,22)(H,16,19)(H,20,21)/t6-,8-,9+/m0/s1. The summed E-state index contributed by atoms with van der Waals surface area (Å²) in [5, 5.41) is 20.0. The number of carboxylic acids is 1. The van der Waals surface area contributed by atoms with Crippen molar-refractivity contribution in [1.29, 1.82) is 0 Å². The smallest absolute Gasteiger partial charge is 0.303 e.